The van der Waals surface area contributed by atoms with Crippen LogP contribution in [-0.4, -0.2) is 33.8 Å². The number of rotatable bonds is 9. The normalized spacial score (nSPS) is 15.9. The van der Waals surface area contributed by atoms with Gasteiger partial charge >= 0.3 is 0 Å². The minimum atomic E-state index is -0.405. The summed E-state index contributed by atoms with van der Waals surface area (Å²) < 4.78 is 18.9. The summed E-state index contributed by atoms with van der Waals surface area (Å²) in [6, 6.07) is 27.1. The van der Waals surface area contributed by atoms with E-state index in [0.29, 0.717) is 28.0 Å². The lowest BCUT2D eigenvalue weighted by atomic mass is 9.96. The standard InChI is InChI=1S/C34H31N5O5S/c1-21-19-28(22(2)37(21)30-20-24(39(40)41)10-17-31(30)43-4)33-32(29-7-5-6-18-35-29)36-34(45)38(33)23-8-11-26(12-9-23)44-27-15-13-25(42-3)14-16-27/h5-20,32-33H,1-4H3,(H,36,45)/t32-,33+/m1/s1. The van der Waals surface area contributed by atoms with Crippen molar-refractivity contribution < 1.29 is 19.1 Å². The monoisotopic (exact) mass is 621 g/mol. The van der Waals surface area contributed by atoms with Crippen molar-refractivity contribution in [1.29, 1.82) is 0 Å². The van der Waals surface area contributed by atoms with Gasteiger partial charge in [0, 0.05) is 35.4 Å². The summed E-state index contributed by atoms with van der Waals surface area (Å²) in [5, 5.41) is 15.7. The van der Waals surface area contributed by atoms with E-state index in [4.69, 9.17) is 26.4 Å². The van der Waals surface area contributed by atoms with Gasteiger partial charge in [-0.3, -0.25) is 15.1 Å². The van der Waals surface area contributed by atoms with Crippen molar-refractivity contribution in [3.63, 3.8) is 0 Å². The molecule has 2 aromatic heterocycles. The first-order chi connectivity index (χ1) is 21.8. The summed E-state index contributed by atoms with van der Waals surface area (Å²) in [5.41, 5.74) is 5.05. The van der Waals surface area contributed by atoms with Crippen LogP contribution in [0, 0.1) is 24.0 Å². The zero-order valence-corrected chi connectivity index (χ0v) is 25.9. The highest BCUT2D eigenvalue weighted by atomic mass is 32.1. The highest BCUT2D eigenvalue weighted by Gasteiger charge is 2.42. The second kappa shape index (κ2) is 12.3. The topological polar surface area (TPSA) is 104 Å². The van der Waals surface area contributed by atoms with Crippen molar-refractivity contribution >= 4 is 28.7 Å². The van der Waals surface area contributed by atoms with Crippen LogP contribution in [-0.2, 0) is 0 Å². The van der Waals surface area contributed by atoms with E-state index >= 15 is 0 Å². The highest BCUT2D eigenvalue weighted by molar-refractivity contribution is 7.80. The number of aryl methyl sites for hydroxylation is 1. The van der Waals surface area contributed by atoms with Crippen molar-refractivity contribution in [2.24, 2.45) is 0 Å². The molecule has 0 bridgehead atoms. The molecule has 0 aliphatic carbocycles. The molecule has 11 heteroatoms. The zero-order chi connectivity index (χ0) is 31.7. The molecule has 10 nitrogen and oxygen atoms in total. The largest absolute Gasteiger partial charge is 0.497 e. The summed E-state index contributed by atoms with van der Waals surface area (Å²) in [4.78, 5) is 18.0. The predicted octanol–water partition coefficient (Wildman–Crippen LogP) is 7.38. The van der Waals surface area contributed by atoms with Gasteiger partial charge in [0.1, 0.15) is 23.0 Å². The van der Waals surface area contributed by atoms with Crippen LogP contribution in [0.4, 0.5) is 11.4 Å². The maximum atomic E-state index is 11.7. The molecule has 1 aliphatic rings. The Kier molecular flexibility index (Phi) is 8.10. The Bertz CT molecular complexity index is 1860. The molecule has 0 radical (unpaired) electrons. The van der Waals surface area contributed by atoms with Gasteiger partial charge in [-0.2, -0.15) is 0 Å². The average Bonchev–Trinajstić information content (AvgIpc) is 3.56. The van der Waals surface area contributed by atoms with Gasteiger partial charge in [-0.05, 0) is 104 Å². The molecule has 1 aliphatic heterocycles. The van der Waals surface area contributed by atoms with E-state index in [9.17, 15) is 10.1 Å². The van der Waals surface area contributed by atoms with Gasteiger partial charge in [-0.25, -0.2) is 0 Å². The van der Waals surface area contributed by atoms with Gasteiger partial charge in [-0.1, -0.05) is 6.07 Å². The van der Waals surface area contributed by atoms with Crippen LogP contribution in [0.2, 0.25) is 0 Å². The number of methoxy groups -OCH3 is 2. The molecule has 45 heavy (non-hydrogen) atoms. The van der Waals surface area contributed by atoms with E-state index in [0.717, 1.165) is 34.1 Å². The molecule has 6 rings (SSSR count). The molecule has 3 aromatic carbocycles. The van der Waals surface area contributed by atoms with Crippen LogP contribution in [0.15, 0.2) is 97.2 Å². The number of nitro groups is 1. The van der Waals surface area contributed by atoms with Crippen molar-refractivity contribution in [3.05, 3.63) is 130 Å². The minimum Gasteiger partial charge on any atom is -0.497 e. The molecule has 0 spiro atoms. The third-order valence-corrected chi connectivity index (χ3v) is 8.23. The first kappa shape index (κ1) is 29.6. The van der Waals surface area contributed by atoms with Crippen molar-refractivity contribution in [2.75, 3.05) is 19.1 Å². The Morgan fingerprint density at radius 2 is 1.58 bits per heavy atom. The highest BCUT2D eigenvalue weighted by Crippen LogP contribution is 2.45. The lowest BCUT2D eigenvalue weighted by Crippen LogP contribution is -2.29. The second-order valence-corrected chi connectivity index (χ2v) is 10.9. The number of benzene rings is 3. The summed E-state index contributed by atoms with van der Waals surface area (Å²) in [5.74, 6) is 2.65. The smallest absolute Gasteiger partial charge is 0.271 e. The second-order valence-electron chi connectivity index (χ2n) is 10.5. The number of ether oxygens (including phenoxy) is 3. The van der Waals surface area contributed by atoms with Gasteiger partial charge in [0.2, 0.25) is 0 Å². The molecule has 1 saturated heterocycles. The molecular formula is C34H31N5O5S. The van der Waals surface area contributed by atoms with Crippen LogP contribution in [0.25, 0.3) is 5.69 Å². The van der Waals surface area contributed by atoms with Crippen LogP contribution < -0.4 is 24.4 Å². The molecule has 1 N–H and O–H groups in total. The summed E-state index contributed by atoms with van der Waals surface area (Å²) in [6.07, 6.45) is 1.77. The average molecular weight is 622 g/mol. The number of nitro benzene ring substituents is 1. The number of nitrogens with zero attached hydrogens (tertiary/aromatic N) is 4. The van der Waals surface area contributed by atoms with Crippen LogP contribution in [0.5, 0.6) is 23.0 Å². The van der Waals surface area contributed by atoms with Gasteiger partial charge in [0.15, 0.2) is 5.11 Å². The number of hydrogen-bond donors (Lipinski definition) is 1. The SMILES string of the molecule is COc1ccc(Oc2ccc(N3C(=S)N[C@H](c4ccccn4)[C@@H]3c3cc(C)n(-c4cc([N+](=O)[O-])ccc4OC)c3C)cc2)cc1. The number of thiocarbonyl (C=S) groups is 1. The molecular weight excluding hydrogens is 590 g/mol. The van der Waals surface area contributed by atoms with E-state index in [2.05, 4.69) is 21.3 Å². The number of non-ortho nitro benzene ring substituents is 1. The fourth-order valence-electron chi connectivity index (χ4n) is 5.83. The van der Waals surface area contributed by atoms with E-state index in [-0.39, 0.29) is 17.8 Å². The molecule has 0 unspecified atom stereocenters. The Hall–Kier alpha value is -5.42. The van der Waals surface area contributed by atoms with Crippen LogP contribution >= 0.6 is 12.2 Å². The van der Waals surface area contributed by atoms with Crippen molar-refractivity contribution in [3.8, 4) is 28.7 Å². The molecule has 1 fully saturated rings. The van der Waals surface area contributed by atoms with Crippen LogP contribution in [0.3, 0.4) is 0 Å². The van der Waals surface area contributed by atoms with Gasteiger partial charge < -0.3 is 29.0 Å². The Balaban J connectivity index is 1.42. The van der Waals surface area contributed by atoms with E-state index < -0.39 is 4.92 Å². The van der Waals surface area contributed by atoms with Crippen LogP contribution in [0.1, 0.15) is 34.7 Å². The zero-order valence-electron chi connectivity index (χ0n) is 25.1. The third kappa shape index (κ3) is 5.65. The van der Waals surface area contributed by atoms with E-state index in [1.165, 1.54) is 12.1 Å². The van der Waals surface area contributed by atoms with E-state index in [1.54, 1.807) is 26.5 Å². The summed E-state index contributed by atoms with van der Waals surface area (Å²) in [6.45, 7) is 3.97. The van der Waals surface area contributed by atoms with Crippen molar-refractivity contribution in [1.82, 2.24) is 14.9 Å². The minimum absolute atomic E-state index is 0.0199. The molecule has 3 heterocycles. The fourth-order valence-corrected chi connectivity index (χ4v) is 6.17. The Morgan fingerprint density at radius 3 is 2.20 bits per heavy atom. The molecule has 0 saturated carbocycles. The molecule has 5 aromatic rings. The van der Waals surface area contributed by atoms with Crippen molar-refractivity contribution in [2.45, 2.75) is 25.9 Å². The first-order valence-electron chi connectivity index (χ1n) is 14.2. The third-order valence-electron chi connectivity index (χ3n) is 7.91. The van der Waals surface area contributed by atoms with Gasteiger partial charge in [-0.15, -0.1) is 0 Å². The maximum absolute atomic E-state index is 11.7. The number of aromatic nitrogens is 2. The maximum Gasteiger partial charge on any atom is 0.271 e. The van der Waals surface area contributed by atoms with Gasteiger partial charge in [0.05, 0.1) is 42.6 Å². The lowest BCUT2D eigenvalue weighted by molar-refractivity contribution is -0.384. The van der Waals surface area contributed by atoms with E-state index in [1.807, 2.05) is 85.1 Å². The number of hydrogen-bond acceptors (Lipinski definition) is 7. The number of pyridine rings is 1. The Labute approximate surface area is 266 Å². The fraction of sp³-hybridized carbons (Fsp3) is 0.176. The molecule has 228 valence electrons. The molecule has 2 atom stereocenters. The predicted molar refractivity (Wildman–Crippen MR) is 176 cm³/mol. The summed E-state index contributed by atoms with van der Waals surface area (Å²) >= 11 is 5.94. The number of anilines is 1. The quantitative estimate of drug-likeness (QED) is 0.103. The first-order valence-corrected chi connectivity index (χ1v) is 14.6. The number of nitrogens with one attached hydrogen (secondary N) is 1. The van der Waals surface area contributed by atoms with Gasteiger partial charge in [0.25, 0.3) is 5.69 Å². The lowest BCUT2D eigenvalue weighted by Gasteiger charge is -2.28. The molecule has 0 amide bonds. The summed E-state index contributed by atoms with van der Waals surface area (Å²) in [7, 11) is 3.18. The Morgan fingerprint density at radius 1 is 0.889 bits per heavy atom.